The zero-order chi connectivity index (χ0) is 13.8. The second-order valence-corrected chi connectivity index (χ2v) is 5.70. The maximum atomic E-state index is 3.24. The summed E-state index contributed by atoms with van der Waals surface area (Å²) in [5.74, 6) is 0. The molecule has 21 heavy (non-hydrogen) atoms. The van der Waals surface area contributed by atoms with Gasteiger partial charge in [-0.2, -0.15) is 0 Å². The average molecular weight is 265 g/mol. The van der Waals surface area contributed by atoms with E-state index in [1.54, 1.807) is 0 Å². The number of allylic oxidation sites excluding steroid dienone is 2. The van der Waals surface area contributed by atoms with Crippen molar-refractivity contribution in [2.45, 2.75) is 6.42 Å². The van der Waals surface area contributed by atoms with Crippen molar-refractivity contribution < 1.29 is 0 Å². The molecule has 0 atom stereocenters. The summed E-state index contributed by atoms with van der Waals surface area (Å²) in [6, 6.07) is 17.5. The Kier molecular flexibility index (Phi) is 2.05. The van der Waals surface area contributed by atoms with Crippen molar-refractivity contribution in [3.8, 4) is 11.1 Å². The number of benzene rings is 3. The lowest BCUT2D eigenvalue weighted by atomic mass is 9.87. The van der Waals surface area contributed by atoms with Crippen molar-refractivity contribution in [2.75, 3.05) is 0 Å². The molecule has 96 valence electrons. The van der Waals surface area contributed by atoms with Gasteiger partial charge in [-0.15, -0.1) is 0 Å². The van der Waals surface area contributed by atoms with Gasteiger partial charge in [0.1, 0.15) is 17.7 Å². The fraction of sp³-hybridized carbons (Fsp3) is 0.0476. The molecule has 0 heterocycles. The molecule has 3 aromatic carbocycles. The van der Waals surface area contributed by atoms with Crippen LogP contribution in [0.5, 0.6) is 0 Å². The molecule has 0 N–H and O–H groups in total. The third kappa shape index (κ3) is 1.38. The summed E-state index contributed by atoms with van der Waals surface area (Å²) in [5, 5.41) is 2.70. The Morgan fingerprint density at radius 3 is 2.57 bits per heavy atom. The second-order valence-electron chi connectivity index (χ2n) is 5.70. The topological polar surface area (TPSA) is 0 Å². The van der Waals surface area contributed by atoms with E-state index in [0.717, 1.165) is 6.42 Å². The third-order valence-corrected chi connectivity index (χ3v) is 4.63. The molecule has 0 fully saturated rings. The van der Waals surface area contributed by atoms with Gasteiger partial charge in [0, 0.05) is 23.3 Å². The van der Waals surface area contributed by atoms with Gasteiger partial charge >= 0.3 is 0 Å². The lowest BCUT2D eigenvalue weighted by Crippen LogP contribution is -1.95. The van der Waals surface area contributed by atoms with Gasteiger partial charge < -0.3 is 0 Å². The van der Waals surface area contributed by atoms with E-state index in [9.17, 15) is 0 Å². The number of hydrogen-bond donors (Lipinski definition) is 0. The Labute approximate surface area is 124 Å². The molecule has 5 rings (SSSR count). The Hall–Kier alpha value is -2.69. The second kappa shape index (κ2) is 3.91. The summed E-state index contributed by atoms with van der Waals surface area (Å²) in [6.07, 6.45) is 10.6. The predicted octanol–water partition coefficient (Wildman–Crippen LogP) is 5.25. The first-order valence-electron chi connectivity index (χ1n) is 7.35. The van der Waals surface area contributed by atoms with Crippen molar-refractivity contribution in [1.82, 2.24) is 0 Å². The molecule has 0 heteroatoms. The van der Waals surface area contributed by atoms with Gasteiger partial charge in [0.05, 0.1) is 11.6 Å². The molecule has 0 unspecified atom stereocenters. The normalized spacial score (nSPS) is 13.7. The van der Waals surface area contributed by atoms with Crippen LogP contribution in [0.25, 0.3) is 34.1 Å². The van der Waals surface area contributed by atoms with E-state index in [0.29, 0.717) is 0 Å². The third-order valence-electron chi connectivity index (χ3n) is 4.63. The van der Waals surface area contributed by atoms with E-state index in [-0.39, 0.29) is 0 Å². The quantitative estimate of drug-likeness (QED) is 0.381. The summed E-state index contributed by atoms with van der Waals surface area (Å²) in [7, 11) is 0. The molecule has 0 aromatic heterocycles. The summed E-state index contributed by atoms with van der Waals surface area (Å²) >= 11 is 0. The highest BCUT2D eigenvalue weighted by Gasteiger charge is 2.29. The van der Waals surface area contributed by atoms with Gasteiger partial charge in [-0.25, -0.2) is 0 Å². The Balaban J connectivity index is 2.02. The van der Waals surface area contributed by atoms with Crippen LogP contribution in [0.4, 0.5) is 0 Å². The number of rotatable bonds is 0. The highest BCUT2D eigenvalue weighted by molar-refractivity contribution is 6.08. The van der Waals surface area contributed by atoms with Crippen molar-refractivity contribution in [1.29, 1.82) is 0 Å². The molecule has 0 aliphatic heterocycles. The van der Waals surface area contributed by atoms with E-state index in [1.807, 2.05) is 6.08 Å². The van der Waals surface area contributed by atoms with Crippen LogP contribution in [0.2, 0.25) is 0 Å². The minimum atomic E-state index is 1.04. The Morgan fingerprint density at radius 1 is 0.810 bits per heavy atom. The van der Waals surface area contributed by atoms with Crippen LogP contribution in [0.3, 0.4) is 0 Å². The largest absolute Gasteiger partial charge is 0.111 e. The molecular formula is C21H13+. The molecule has 0 radical (unpaired) electrons. The zero-order valence-corrected chi connectivity index (χ0v) is 11.6. The first-order chi connectivity index (χ1) is 10.4. The lowest BCUT2D eigenvalue weighted by molar-refractivity contribution is 1.25. The highest BCUT2D eigenvalue weighted by Crippen LogP contribution is 2.46. The van der Waals surface area contributed by atoms with Crippen molar-refractivity contribution in [3.63, 3.8) is 0 Å². The van der Waals surface area contributed by atoms with Gasteiger partial charge in [-0.1, -0.05) is 42.5 Å². The smallest absolute Gasteiger partial charge is 0.0619 e. The first kappa shape index (κ1) is 11.0. The lowest BCUT2D eigenvalue weighted by Gasteiger charge is -2.11. The fourth-order valence-electron chi connectivity index (χ4n) is 3.75. The molecule has 0 amide bonds. The van der Waals surface area contributed by atoms with Crippen molar-refractivity contribution >= 4 is 22.9 Å². The van der Waals surface area contributed by atoms with Crippen LogP contribution in [0.15, 0.2) is 54.6 Å². The predicted molar refractivity (Wildman–Crippen MR) is 88.9 cm³/mol. The van der Waals surface area contributed by atoms with E-state index in [4.69, 9.17) is 0 Å². The first-order valence-corrected chi connectivity index (χ1v) is 7.35. The zero-order valence-electron chi connectivity index (χ0n) is 11.6. The summed E-state index contributed by atoms with van der Waals surface area (Å²) in [6.45, 7) is 0. The van der Waals surface area contributed by atoms with Crippen LogP contribution in [-0.2, 0) is 6.42 Å². The Bertz CT molecular complexity index is 955. The van der Waals surface area contributed by atoms with Gasteiger partial charge in [0.25, 0.3) is 0 Å². The van der Waals surface area contributed by atoms with Gasteiger partial charge in [0.15, 0.2) is 0 Å². The standard InChI is InChI=1S/C21H13/c1-2-8-15-14(7-1)13-20-18-11-4-3-9-16(18)17-10-5-6-12-19(17)21(15)20/h1-2,4-12H,13H2/q+1. The van der Waals surface area contributed by atoms with Gasteiger partial charge in [-0.05, 0) is 28.3 Å². The molecule has 0 nitrogen and oxygen atoms in total. The average Bonchev–Trinajstić information content (AvgIpc) is 2.95. The molecule has 3 aromatic rings. The molecule has 0 saturated carbocycles. The van der Waals surface area contributed by atoms with Crippen LogP contribution in [0.1, 0.15) is 22.3 Å². The minimum Gasteiger partial charge on any atom is -0.0619 e. The van der Waals surface area contributed by atoms with Crippen LogP contribution < -0.4 is 0 Å². The van der Waals surface area contributed by atoms with E-state index in [2.05, 4.69) is 66.8 Å². The molecular weight excluding hydrogens is 252 g/mol. The fourth-order valence-corrected chi connectivity index (χ4v) is 3.75. The monoisotopic (exact) mass is 265 g/mol. The molecule has 0 saturated heterocycles. The molecule has 0 bridgehead atoms. The van der Waals surface area contributed by atoms with Gasteiger partial charge in [0.2, 0.25) is 0 Å². The SMILES string of the molecule is [C+]1=Cc2c(c3c(c4ccccc24)-c2ccccc2C3)C=C1. The Morgan fingerprint density at radius 2 is 1.62 bits per heavy atom. The molecule has 0 spiro atoms. The molecule has 2 aliphatic rings. The summed E-state index contributed by atoms with van der Waals surface area (Å²) in [4.78, 5) is 0. The van der Waals surface area contributed by atoms with E-state index < -0.39 is 0 Å². The minimum absolute atomic E-state index is 1.04. The van der Waals surface area contributed by atoms with Crippen molar-refractivity contribution in [3.05, 3.63) is 82.9 Å². The van der Waals surface area contributed by atoms with Gasteiger partial charge in [-0.3, -0.25) is 0 Å². The summed E-state index contributed by atoms with van der Waals surface area (Å²) in [5.41, 5.74) is 8.44. The van der Waals surface area contributed by atoms with Crippen LogP contribution in [-0.4, -0.2) is 0 Å². The van der Waals surface area contributed by atoms with Crippen molar-refractivity contribution in [2.24, 2.45) is 0 Å². The van der Waals surface area contributed by atoms with E-state index in [1.165, 1.54) is 44.2 Å². The van der Waals surface area contributed by atoms with Crippen LogP contribution in [0, 0.1) is 6.08 Å². The maximum Gasteiger partial charge on any atom is 0.111 e. The molecule has 2 aliphatic carbocycles. The number of fused-ring (bicyclic) bond motifs is 8. The summed E-state index contributed by atoms with van der Waals surface area (Å²) < 4.78 is 0. The van der Waals surface area contributed by atoms with E-state index >= 15 is 0 Å². The number of hydrogen-bond acceptors (Lipinski definition) is 0. The highest BCUT2D eigenvalue weighted by atomic mass is 14.3. The maximum absolute atomic E-state index is 3.24. The van der Waals surface area contributed by atoms with Crippen LogP contribution >= 0.6 is 0 Å².